The van der Waals surface area contributed by atoms with Gasteiger partial charge in [-0.05, 0) is 37.7 Å². The van der Waals surface area contributed by atoms with Crippen molar-refractivity contribution in [1.82, 2.24) is 10.2 Å². The Morgan fingerprint density at radius 1 is 1.07 bits per heavy atom. The minimum absolute atomic E-state index is 0.122. The van der Waals surface area contributed by atoms with E-state index >= 15 is 0 Å². The topological polar surface area (TPSA) is 79.9 Å². The lowest BCUT2D eigenvalue weighted by atomic mass is 10.2. The normalized spacial score (nSPS) is 19.3. The molecule has 0 radical (unpaired) electrons. The van der Waals surface area contributed by atoms with Gasteiger partial charge in [-0.15, -0.1) is 0 Å². The van der Waals surface area contributed by atoms with Gasteiger partial charge < -0.3 is 20.1 Å². The maximum Gasteiger partial charge on any atom is 0.323 e. The molecule has 2 atom stereocenters. The summed E-state index contributed by atoms with van der Waals surface area (Å²) in [6, 6.07) is 15.8. The number of urea groups is 1. The number of hydrogen-bond acceptors (Lipinski definition) is 5. The zero-order chi connectivity index (χ0) is 19.2. The fourth-order valence-corrected chi connectivity index (χ4v) is 3.13. The molecule has 1 fully saturated rings. The highest BCUT2D eigenvalue weighted by atomic mass is 16.5. The number of para-hydroxylation sites is 1. The molecule has 1 heterocycles. The highest BCUT2D eigenvalue weighted by Gasteiger charge is 2.35. The Bertz CT molecular complexity index is 797. The third-order valence-electron chi connectivity index (χ3n) is 4.43. The van der Waals surface area contributed by atoms with Gasteiger partial charge >= 0.3 is 12.0 Å². The first-order valence-corrected chi connectivity index (χ1v) is 8.73. The van der Waals surface area contributed by atoms with Crippen LogP contribution in [0.4, 0.5) is 10.5 Å². The Morgan fingerprint density at radius 2 is 1.81 bits per heavy atom. The molecule has 0 spiro atoms. The van der Waals surface area contributed by atoms with E-state index < -0.39 is 0 Å². The number of rotatable bonds is 5. The third-order valence-corrected chi connectivity index (χ3v) is 4.43. The van der Waals surface area contributed by atoms with E-state index in [0.29, 0.717) is 24.4 Å². The van der Waals surface area contributed by atoms with Crippen molar-refractivity contribution in [3.05, 3.63) is 54.6 Å². The number of carbonyl (C=O) groups is 2. The summed E-state index contributed by atoms with van der Waals surface area (Å²) in [6.45, 7) is 0.588. The molecule has 2 aromatic carbocycles. The summed E-state index contributed by atoms with van der Waals surface area (Å²) in [5.74, 6) is 1.07. The summed E-state index contributed by atoms with van der Waals surface area (Å²) in [4.78, 5) is 25.9. The molecule has 0 bridgehead atoms. The molecule has 0 saturated carbocycles. The number of nitrogens with one attached hydrogen (secondary N) is 2. The highest BCUT2D eigenvalue weighted by Crippen LogP contribution is 2.24. The highest BCUT2D eigenvalue weighted by molar-refractivity contribution is 5.89. The fraction of sp³-hybridized carbons (Fsp3) is 0.300. The van der Waals surface area contributed by atoms with Crippen LogP contribution in [0.1, 0.15) is 6.42 Å². The van der Waals surface area contributed by atoms with Crippen LogP contribution in [0.3, 0.4) is 0 Å². The summed E-state index contributed by atoms with van der Waals surface area (Å²) in [7, 11) is 3.21. The molecular formula is C20H23N3O4. The van der Waals surface area contributed by atoms with Crippen molar-refractivity contribution in [2.75, 3.05) is 26.0 Å². The van der Waals surface area contributed by atoms with Crippen LogP contribution in [0.2, 0.25) is 0 Å². The van der Waals surface area contributed by atoms with E-state index in [2.05, 4.69) is 10.6 Å². The van der Waals surface area contributed by atoms with Crippen LogP contribution in [-0.4, -0.2) is 49.7 Å². The molecule has 2 amide bonds. The smallest absolute Gasteiger partial charge is 0.323 e. The molecule has 1 saturated heterocycles. The lowest BCUT2D eigenvalue weighted by Crippen LogP contribution is -2.39. The van der Waals surface area contributed by atoms with E-state index in [9.17, 15) is 9.59 Å². The standard InChI is InChI=1S/C20H23N3O4/c1-23-13-15(12-18(23)19(24)26-2)22-20(25)21-14-7-6-10-17(11-14)27-16-8-4-3-5-9-16/h3-11,15,18H,12-13H2,1-2H3,(H2,21,22,25)/t15-,18-/m0/s1. The minimum Gasteiger partial charge on any atom is -0.468 e. The van der Waals surface area contributed by atoms with Gasteiger partial charge in [-0.25, -0.2) is 4.79 Å². The first-order valence-electron chi connectivity index (χ1n) is 8.73. The quantitative estimate of drug-likeness (QED) is 0.793. The van der Waals surface area contributed by atoms with Gasteiger partial charge in [-0.2, -0.15) is 0 Å². The average Bonchev–Trinajstić information content (AvgIpc) is 3.02. The summed E-state index contributed by atoms with van der Waals surface area (Å²) in [6.07, 6.45) is 0.522. The molecule has 0 aromatic heterocycles. The summed E-state index contributed by atoms with van der Waals surface area (Å²) in [5, 5.41) is 5.70. The molecule has 1 aliphatic heterocycles. The van der Waals surface area contributed by atoms with E-state index in [4.69, 9.17) is 9.47 Å². The Morgan fingerprint density at radius 3 is 2.56 bits per heavy atom. The Hall–Kier alpha value is -3.06. The summed E-state index contributed by atoms with van der Waals surface area (Å²) >= 11 is 0. The van der Waals surface area contributed by atoms with Crippen molar-refractivity contribution in [3.63, 3.8) is 0 Å². The number of ether oxygens (including phenoxy) is 2. The van der Waals surface area contributed by atoms with Crippen LogP contribution in [-0.2, 0) is 9.53 Å². The van der Waals surface area contributed by atoms with E-state index in [1.165, 1.54) is 7.11 Å². The number of carbonyl (C=O) groups excluding carboxylic acids is 2. The molecule has 0 aliphatic carbocycles. The maximum absolute atomic E-state index is 12.3. The largest absolute Gasteiger partial charge is 0.468 e. The molecule has 0 unspecified atom stereocenters. The van der Waals surface area contributed by atoms with Crippen LogP contribution in [0.5, 0.6) is 11.5 Å². The number of esters is 1. The number of nitrogens with zero attached hydrogens (tertiary/aromatic N) is 1. The van der Waals surface area contributed by atoms with Gasteiger partial charge in [-0.3, -0.25) is 9.69 Å². The van der Waals surface area contributed by atoms with Crippen molar-refractivity contribution in [1.29, 1.82) is 0 Å². The molecular weight excluding hydrogens is 346 g/mol. The number of benzene rings is 2. The number of methoxy groups -OCH3 is 1. The average molecular weight is 369 g/mol. The molecule has 2 N–H and O–H groups in total. The second-order valence-corrected chi connectivity index (χ2v) is 6.45. The number of hydrogen-bond donors (Lipinski definition) is 2. The molecule has 7 nitrogen and oxygen atoms in total. The molecule has 1 aliphatic rings. The second-order valence-electron chi connectivity index (χ2n) is 6.45. The first kappa shape index (κ1) is 18.7. The van der Waals surface area contributed by atoms with E-state index in [-0.39, 0.29) is 24.1 Å². The molecule has 7 heteroatoms. The number of anilines is 1. The second kappa shape index (κ2) is 8.55. The monoisotopic (exact) mass is 369 g/mol. The molecule has 3 rings (SSSR count). The summed E-state index contributed by atoms with van der Waals surface area (Å²) in [5.41, 5.74) is 0.622. The van der Waals surface area contributed by atoms with E-state index in [1.54, 1.807) is 12.1 Å². The van der Waals surface area contributed by atoms with Crippen LogP contribution in [0.25, 0.3) is 0 Å². The zero-order valence-corrected chi connectivity index (χ0v) is 15.3. The summed E-state index contributed by atoms with van der Waals surface area (Å²) < 4.78 is 10.6. The predicted octanol–water partition coefficient (Wildman–Crippen LogP) is 2.85. The lowest BCUT2D eigenvalue weighted by molar-refractivity contribution is -0.145. The Balaban J connectivity index is 1.55. The van der Waals surface area contributed by atoms with Gasteiger partial charge in [0.05, 0.1) is 7.11 Å². The van der Waals surface area contributed by atoms with E-state index in [1.807, 2.05) is 54.4 Å². The van der Waals surface area contributed by atoms with Crippen LogP contribution < -0.4 is 15.4 Å². The SMILES string of the molecule is COC(=O)[C@@H]1C[C@H](NC(=O)Nc2cccc(Oc3ccccc3)c2)CN1C. The van der Waals surface area contributed by atoms with Gasteiger partial charge in [0.15, 0.2) is 0 Å². The van der Waals surface area contributed by atoms with Crippen molar-refractivity contribution in [2.45, 2.75) is 18.5 Å². The van der Waals surface area contributed by atoms with Crippen molar-refractivity contribution in [3.8, 4) is 11.5 Å². The van der Waals surface area contributed by atoms with Crippen LogP contribution in [0.15, 0.2) is 54.6 Å². The molecule has 2 aromatic rings. The van der Waals surface area contributed by atoms with Crippen molar-refractivity contribution in [2.24, 2.45) is 0 Å². The number of likely N-dealkylation sites (tertiary alicyclic amines) is 1. The molecule has 142 valence electrons. The first-order chi connectivity index (χ1) is 13.0. The van der Waals surface area contributed by atoms with Gasteiger partial charge in [0.1, 0.15) is 17.5 Å². The lowest BCUT2D eigenvalue weighted by Gasteiger charge is -2.15. The minimum atomic E-state index is -0.331. The van der Waals surface area contributed by atoms with Gasteiger partial charge in [0.25, 0.3) is 0 Å². The Labute approximate surface area is 158 Å². The number of amides is 2. The van der Waals surface area contributed by atoms with Gasteiger partial charge in [-0.1, -0.05) is 24.3 Å². The van der Waals surface area contributed by atoms with Gasteiger partial charge in [0.2, 0.25) is 0 Å². The number of likely N-dealkylation sites (N-methyl/N-ethyl adjacent to an activating group) is 1. The molecule has 27 heavy (non-hydrogen) atoms. The fourth-order valence-electron chi connectivity index (χ4n) is 3.13. The maximum atomic E-state index is 12.3. The van der Waals surface area contributed by atoms with Crippen LogP contribution in [0, 0.1) is 0 Å². The third kappa shape index (κ3) is 4.98. The van der Waals surface area contributed by atoms with Crippen LogP contribution >= 0.6 is 0 Å². The zero-order valence-electron chi connectivity index (χ0n) is 15.3. The van der Waals surface area contributed by atoms with Crippen molar-refractivity contribution < 1.29 is 19.1 Å². The van der Waals surface area contributed by atoms with Crippen molar-refractivity contribution >= 4 is 17.7 Å². The van der Waals surface area contributed by atoms with Gasteiger partial charge in [0, 0.05) is 24.3 Å². The Kier molecular flexibility index (Phi) is 5.93. The van der Waals surface area contributed by atoms with E-state index in [0.717, 1.165) is 5.75 Å². The predicted molar refractivity (Wildman–Crippen MR) is 102 cm³/mol.